The maximum Gasteiger partial charge on any atom is 0.311 e. The highest BCUT2D eigenvalue weighted by Crippen LogP contribution is 2.17. The summed E-state index contributed by atoms with van der Waals surface area (Å²) in [5.74, 6) is -0.324. The van der Waals surface area contributed by atoms with Crippen LogP contribution in [0, 0.1) is 5.41 Å². The summed E-state index contributed by atoms with van der Waals surface area (Å²) < 4.78 is 5.25. The molecule has 0 unspecified atom stereocenters. The summed E-state index contributed by atoms with van der Waals surface area (Å²) in [6.07, 6.45) is 0. The van der Waals surface area contributed by atoms with Crippen LogP contribution in [0.1, 0.15) is 47.1 Å². The fourth-order valence-corrected chi connectivity index (χ4v) is 1.60. The van der Waals surface area contributed by atoms with E-state index in [1.54, 1.807) is 12.1 Å². The highest BCUT2D eigenvalue weighted by molar-refractivity contribution is 5.92. The van der Waals surface area contributed by atoms with Crippen molar-refractivity contribution in [2.75, 3.05) is 11.9 Å². The minimum Gasteiger partial charge on any atom is -0.460 e. The molecule has 0 saturated carbocycles. The number of anilines is 1. The van der Waals surface area contributed by atoms with Crippen LogP contribution < -0.4 is 10.6 Å². The van der Waals surface area contributed by atoms with Crippen LogP contribution >= 0.6 is 0 Å². The first kappa shape index (κ1) is 19.2. The van der Waals surface area contributed by atoms with E-state index in [0.29, 0.717) is 0 Å². The maximum absolute atomic E-state index is 11.8. The van der Waals surface area contributed by atoms with E-state index in [-0.39, 0.29) is 30.6 Å². The molecular weight excluding hydrogens is 292 g/mol. The Bertz CT molecular complexity index is 537. The van der Waals surface area contributed by atoms with Crippen LogP contribution in [0.5, 0.6) is 0 Å². The maximum atomic E-state index is 11.8. The second kappa shape index (κ2) is 7.59. The Morgan fingerprint density at radius 3 is 2.04 bits per heavy atom. The van der Waals surface area contributed by atoms with Crippen LogP contribution in [0.25, 0.3) is 0 Å². The zero-order chi connectivity index (χ0) is 17.7. The molecule has 0 aliphatic heterocycles. The van der Waals surface area contributed by atoms with E-state index in [2.05, 4.69) is 10.6 Å². The van der Waals surface area contributed by atoms with Gasteiger partial charge in [0.15, 0.2) is 0 Å². The predicted octanol–water partition coefficient (Wildman–Crippen LogP) is 3.10. The molecule has 128 valence electrons. The second-order valence-corrected chi connectivity index (χ2v) is 7.67. The van der Waals surface area contributed by atoms with Gasteiger partial charge in [0, 0.05) is 11.2 Å². The first-order valence-electron chi connectivity index (χ1n) is 7.78. The Labute approximate surface area is 138 Å². The standard InChI is InChI=1S/C18H28N2O3/c1-17(2,3)16(22)23-12-13-7-9-14(10-8-13)20-15(21)11-19-18(4,5)6/h7-10,19H,11-12H2,1-6H3,(H,20,21). The van der Waals surface area contributed by atoms with E-state index in [0.717, 1.165) is 11.3 Å². The topological polar surface area (TPSA) is 67.4 Å². The molecule has 0 aliphatic carbocycles. The van der Waals surface area contributed by atoms with Gasteiger partial charge in [0.05, 0.1) is 12.0 Å². The lowest BCUT2D eigenvalue weighted by molar-refractivity contribution is -0.154. The molecule has 2 N–H and O–H groups in total. The monoisotopic (exact) mass is 320 g/mol. The fraction of sp³-hybridized carbons (Fsp3) is 0.556. The van der Waals surface area contributed by atoms with Gasteiger partial charge in [-0.15, -0.1) is 0 Å². The van der Waals surface area contributed by atoms with Gasteiger partial charge in [-0.1, -0.05) is 12.1 Å². The average Bonchev–Trinajstić information content (AvgIpc) is 2.42. The van der Waals surface area contributed by atoms with Crippen molar-refractivity contribution < 1.29 is 14.3 Å². The molecule has 0 bridgehead atoms. The van der Waals surface area contributed by atoms with E-state index in [1.165, 1.54) is 0 Å². The van der Waals surface area contributed by atoms with Crippen molar-refractivity contribution >= 4 is 17.6 Å². The molecule has 1 aromatic carbocycles. The second-order valence-electron chi connectivity index (χ2n) is 7.67. The third-order valence-corrected chi connectivity index (χ3v) is 3.00. The van der Waals surface area contributed by atoms with Gasteiger partial charge in [-0.25, -0.2) is 0 Å². The number of hydrogen-bond acceptors (Lipinski definition) is 4. The van der Waals surface area contributed by atoms with Gasteiger partial charge in [0.1, 0.15) is 6.61 Å². The number of nitrogens with one attached hydrogen (secondary N) is 2. The average molecular weight is 320 g/mol. The van der Waals surface area contributed by atoms with Gasteiger partial charge in [-0.05, 0) is 59.2 Å². The molecule has 0 fully saturated rings. The molecule has 0 saturated heterocycles. The van der Waals surface area contributed by atoms with Gasteiger partial charge in [-0.2, -0.15) is 0 Å². The molecule has 1 aromatic rings. The Balaban J connectivity index is 2.47. The smallest absolute Gasteiger partial charge is 0.311 e. The first-order chi connectivity index (χ1) is 10.5. The summed E-state index contributed by atoms with van der Waals surface area (Å²) >= 11 is 0. The summed E-state index contributed by atoms with van der Waals surface area (Å²) in [7, 11) is 0. The van der Waals surface area contributed by atoms with Crippen molar-refractivity contribution in [1.82, 2.24) is 5.32 Å². The van der Waals surface area contributed by atoms with Crippen LogP contribution in [0.3, 0.4) is 0 Å². The Kier molecular flexibility index (Phi) is 6.33. The molecule has 0 spiro atoms. The number of benzene rings is 1. The summed E-state index contributed by atoms with van der Waals surface area (Å²) in [6.45, 7) is 12.0. The molecule has 1 amide bonds. The fourth-order valence-electron chi connectivity index (χ4n) is 1.60. The van der Waals surface area contributed by atoms with Crippen LogP contribution in [0.2, 0.25) is 0 Å². The largest absolute Gasteiger partial charge is 0.460 e. The Morgan fingerprint density at radius 1 is 1.00 bits per heavy atom. The van der Waals surface area contributed by atoms with Gasteiger partial charge in [-0.3, -0.25) is 9.59 Å². The quantitative estimate of drug-likeness (QED) is 0.818. The van der Waals surface area contributed by atoms with Gasteiger partial charge in [0.25, 0.3) is 0 Å². The highest BCUT2D eigenvalue weighted by Gasteiger charge is 2.22. The summed E-state index contributed by atoms with van der Waals surface area (Å²) in [5.41, 5.74) is 0.997. The van der Waals surface area contributed by atoms with Gasteiger partial charge < -0.3 is 15.4 Å². The van der Waals surface area contributed by atoms with Crippen LogP contribution in [0.15, 0.2) is 24.3 Å². The van der Waals surface area contributed by atoms with E-state index < -0.39 is 5.41 Å². The molecule has 0 aromatic heterocycles. The zero-order valence-electron chi connectivity index (χ0n) is 14.9. The highest BCUT2D eigenvalue weighted by atomic mass is 16.5. The predicted molar refractivity (Wildman–Crippen MR) is 92.1 cm³/mol. The summed E-state index contributed by atoms with van der Waals surface area (Å²) in [6, 6.07) is 7.27. The minimum atomic E-state index is -0.506. The van der Waals surface area contributed by atoms with Gasteiger partial charge in [0.2, 0.25) is 5.91 Å². The van der Waals surface area contributed by atoms with Crippen molar-refractivity contribution in [2.45, 2.75) is 53.7 Å². The number of carbonyl (C=O) groups is 2. The molecule has 0 aliphatic rings. The third kappa shape index (κ3) is 7.79. The molecular formula is C18H28N2O3. The van der Waals surface area contributed by atoms with E-state index in [4.69, 9.17) is 4.74 Å². The van der Waals surface area contributed by atoms with Crippen LogP contribution in [-0.2, 0) is 20.9 Å². The van der Waals surface area contributed by atoms with E-state index >= 15 is 0 Å². The molecule has 0 radical (unpaired) electrons. The van der Waals surface area contributed by atoms with E-state index in [1.807, 2.05) is 53.7 Å². The summed E-state index contributed by atoms with van der Waals surface area (Å²) in [4.78, 5) is 23.5. The number of ether oxygens (including phenoxy) is 1. The third-order valence-electron chi connectivity index (χ3n) is 3.00. The van der Waals surface area contributed by atoms with Crippen molar-refractivity contribution in [3.8, 4) is 0 Å². The zero-order valence-corrected chi connectivity index (χ0v) is 14.9. The number of amides is 1. The summed E-state index contributed by atoms with van der Waals surface area (Å²) in [5, 5.41) is 5.95. The molecule has 5 nitrogen and oxygen atoms in total. The molecule has 0 atom stereocenters. The Hall–Kier alpha value is -1.88. The van der Waals surface area contributed by atoms with Crippen molar-refractivity contribution in [1.29, 1.82) is 0 Å². The van der Waals surface area contributed by atoms with Crippen molar-refractivity contribution in [3.05, 3.63) is 29.8 Å². The lowest BCUT2D eigenvalue weighted by Gasteiger charge is -2.20. The molecule has 5 heteroatoms. The van der Waals surface area contributed by atoms with Crippen molar-refractivity contribution in [3.63, 3.8) is 0 Å². The SMILES string of the molecule is CC(C)(C)NCC(=O)Nc1ccc(COC(=O)C(C)(C)C)cc1. The Morgan fingerprint density at radius 2 is 1.57 bits per heavy atom. The number of hydrogen-bond donors (Lipinski definition) is 2. The molecule has 23 heavy (non-hydrogen) atoms. The van der Waals surface area contributed by atoms with Gasteiger partial charge >= 0.3 is 5.97 Å². The first-order valence-corrected chi connectivity index (χ1v) is 7.78. The number of rotatable bonds is 5. The van der Waals surface area contributed by atoms with Crippen molar-refractivity contribution in [2.24, 2.45) is 5.41 Å². The number of esters is 1. The molecule has 0 heterocycles. The normalized spacial score (nSPS) is 11.9. The minimum absolute atomic E-state index is 0.0909. The lowest BCUT2D eigenvalue weighted by Crippen LogP contribution is -2.41. The molecule has 1 rings (SSSR count). The van der Waals surface area contributed by atoms with Crippen LogP contribution in [-0.4, -0.2) is 24.0 Å². The number of carbonyl (C=O) groups excluding carboxylic acids is 2. The van der Waals surface area contributed by atoms with E-state index in [9.17, 15) is 9.59 Å². The lowest BCUT2D eigenvalue weighted by atomic mass is 9.97. The van der Waals surface area contributed by atoms with Crippen LogP contribution in [0.4, 0.5) is 5.69 Å².